The fourth-order valence-corrected chi connectivity index (χ4v) is 5.53. The average Bonchev–Trinajstić information content (AvgIpc) is 3.30. The highest BCUT2D eigenvalue weighted by atomic mass is 16.7. The summed E-state index contributed by atoms with van der Waals surface area (Å²) in [7, 11) is 6.53. The standard InChI is InChI=1S/C28H26O12/c1-34-16-10-15(29)19-20(21(16)32)26(37-4)24-14(23(19)35-2)11-28(40-24)7-6-12-8-13(9-17(30)31)18(27(33)38-5)25(36-3)22(12)39-28/h8,10H,6-7,9,11H2,1-5H3,(H,30,31). The van der Waals surface area contributed by atoms with Gasteiger partial charge in [-0.2, -0.15) is 0 Å². The van der Waals surface area contributed by atoms with Crippen molar-refractivity contribution in [2.45, 2.75) is 31.5 Å². The highest BCUT2D eigenvalue weighted by molar-refractivity contribution is 6.26. The van der Waals surface area contributed by atoms with E-state index in [2.05, 4.69) is 0 Å². The van der Waals surface area contributed by atoms with E-state index in [4.69, 9.17) is 33.2 Å². The zero-order valence-electron chi connectivity index (χ0n) is 22.4. The van der Waals surface area contributed by atoms with E-state index in [1.54, 1.807) is 6.07 Å². The molecule has 210 valence electrons. The molecular formula is C28H26O12. The maximum atomic E-state index is 13.2. The van der Waals surface area contributed by atoms with Crippen LogP contribution >= 0.6 is 0 Å². The van der Waals surface area contributed by atoms with E-state index in [1.807, 2.05) is 0 Å². The zero-order chi connectivity index (χ0) is 28.9. The van der Waals surface area contributed by atoms with Gasteiger partial charge in [0.15, 0.2) is 34.5 Å². The minimum Gasteiger partial charge on any atom is -0.496 e. The van der Waals surface area contributed by atoms with Gasteiger partial charge in [0.1, 0.15) is 11.3 Å². The van der Waals surface area contributed by atoms with E-state index in [9.17, 15) is 24.3 Å². The summed E-state index contributed by atoms with van der Waals surface area (Å²) < 4.78 is 39.6. The minimum atomic E-state index is -1.35. The number of ketones is 2. The second-order valence-corrected chi connectivity index (χ2v) is 9.32. The Morgan fingerprint density at radius 1 is 0.925 bits per heavy atom. The Morgan fingerprint density at radius 2 is 1.60 bits per heavy atom. The molecule has 0 saturated carbocycles. The van der Waals surface area contributed by atoms with E-state index in [0.717, 1.165) is 6.08 Å². The number of ether oxygens (including phenoxy) is 7. The molecule has 12 heteroatoms. The van der Waals surface area contributed by atoms with Crippen LogP contribution in [0, 0.1) is 0 Å². The second-order valence-electron chi connectivity index (χ2n) is 9.32. The molecule has 2 heterocycles. The Hall–Kier alpha value is -4.74. The lowest BCUT2D eigenvalue weighted by molar-refractivity contribution is -0.136. The number of methoxy groups -OCH3 is 5. The number of aliphatic carboxylic acids is 1. The van der Waals surface area contributed by atoms with Crippen molar-refractivity contribution in [2.24, 2.45) is 0 Å². The summed E-state index contributed by atoms with van der Waals surface area (Å²) in [5.74, 6) is -3.90. The molecule has 1 spiro atoms. The Bertz CT molecular complexity index is 1520. The summed E-state index contributed by atoms with van der Waals surface area (Å²) in [4.78, 5) is 50.5. The lowest BCUT2D eigenvalue weighted by atomic mass is 9.87. The summed E-state index contributed by atoms with van der Waals surface area (Å²) in [6.07, 6.45) is 1.44. The van der Waals surface area contributed by atoms with Crippen molar-refractivity contribution < 1.29 is 57.4 Å². The number of carbonyl (C=O) groups excluding carboxylic acids is 3. The van der Waals surface area contributed by atoms with Gasteiger partial charge in [0.2, 0.25) is 5.78 Å². The van der Waals surface area contributed by atoms with Gasteiger partial charge in [0, 0.05) is 18.1 Å². The van der Waals surface area contributed by atoms with Crippen LogP contribution in [-0.2, 0) is 33.5 Å². The van der Waals surface area contributed by atoms with Crippen molar-refractivity contribution in [3.63, 3.8) is 0 Å². The predicted molar refractivity (Wildman–Crippen MR) is 135 cm³/mol. The lowest BCUT2D eigenvalue weighted by Gasteiger charge is -2.36. The monoisotopic (exact) mass is 554 g/mol. The van der Waals surface area contributed by atoms with Crippen molar-refractivity contribution in [3.8, 4) is 28.7 Å². The van der Waals surface area contributed by atoms with Gasteiger partial charge in [-0.05, 0) is 17.5 Å². The van der Waals surface area contributed by atoms with Gasteiger partial charge in [-0.15, -0.1) is 0 Å². The fraction of sp³-hybridized carbons (Fsp3) is 0.357. The van der Waals surface area contributed by atoms with Crippen LogP contribution in [-0.4, -0.2) is 69.9 Å². The van der Waals surface area contributed by atoms with Crippen LogP contribution in [0.5, 0.6) is 28.7 Å². The quantitative estimate of drug-likeness (QED) is 0.501. The molecule has 40 heavy (non-hydrogen) atoms. The molecule has 1 N–H and O–H groups in total. The Labute approximate surface area is 228 Å². The number of benzene rings is 2. The van der Waals surface area contributed by atoms with Crippen molar-refractivity contribution in [3.05, 3.63) is 51.3 Å². The third-order valence-corrected chi connectivity index (χ3v) is 7.17. The van der Waals surface area contributed by atoms with Crippen molar-refractivity contribution in [2.75, 3.05) is 35.5 Å². The molecule has 0 aromatic heterocycles. The zero-order valence-corrected chi connectivity index (χ0v) is 22.4. The topological polar surface area (TPSA) is 153 Å². The number of carboxylic acid groups (broad SMARTS) is 1. The van der Waals surface area contributed by atoms with E-state index in [0.29, 0.717) is 24.0 Å². The molecule has 2 aromatic carbocycles. The molecule has 0 bridgehead atoms. The Balaban J connectivity index is 1.65. The van der Waals surface area contributed by atoms with E-state index in [1.165, 1.54) is 35.5 Å². The molecule has 2 aliphatic heterocycles. The second kappa shape index (κ2) is 9.78. The van der Waals surface area contributed by atoms with Gasteiger partial charge in [0.25, 0.3) is 5.79 Å². The maximum absolute atomic E-state index is 13.2. The largest absolute Gasteiger partial charge is 0.496 e. The average molecular weight is 555 g/mol. The first-order valence-corrected chi connectivity index (χ1v) is 12.2. The number of Topliss-reactive ketones (excluding diaryl/α,β-unsaturated/α-hetero) is 1. The molecule has 1 atom stereocenters. The molecular weight excluding hydrogens is 528 g/mol. The van der Waals surface area contributed by atoms with Crippen LogP contribution in [0.4, 0.5) is 0 Å². The minimum absolute atomic E-state index is 0.0109. The number of aryl methyl sites for hydroxylation is 1. The molecule has 0 saturated heterocycles. The van der Waals surface area contributed by atoms with Crippen molar-refractivity contribution in [1.82, 2.24) is 0 Å². The number of esters is 1. The molecule has 5 rings (SSSR count). The molecule has 12 nitrogen and oxygen atoms in total. The van der Waals surface area contributed by atoms with Gasteiger partial charge in [-0.25, -0.2) is 4.79 Å². The summed E-state index contributed by atoms with van der Waals surface area (Å²) >= 11 is 0. The van der Waals surface area contributed by atoms with Crippen LogP contribution in [0.2, 0.25) is 0 Å². The van der Waals surface area contributed by atoms with Gasteiger partial charge in [0.05, 0.1) is 59.5 Å². The van der Waals surface area contributed by atoms with Crippen LogP contribution in [0.3, 0.4) is 0 Å². The van der Waals surface area contributed by atoms with Crippen LogP contribution in [0.25, 0.3) is 0 Å². The van der Waals surface area contributed by atoms with E-state index < -0.39 is 35.7 Å². The van der Waals surface area contributed by atoms with Gasteiger partial charge in [-0.1, -0.05) is 6.07 Å². The number of carbonyl (C=O) groups is 4. The van der Waals surface area contributed by atoms with Crippen molar-refractivity contribution >= 4 is 23.5 Å². The smallest absolute Gasteiger partial charge is 0.342 e. The Kier molecular flexibility index (Phi) is 6.56. The number of carboxylic acids is 1. The lowest BCUT2D eigenvalue weighted by Crippen LogP contribution is -2.44. The first-order valence-electron chi connectivity index (χ1n) is 12.2. The van der Waals surface area contributed by atoms with Gasteiger partial charge in [-0.3, -0.25) is 14.4 Å². The number of hydrogen-bond donors (Lipinski definition) is 1. The number of allylic oxidation sites excluding steroid dienone is 2. The van der Waals surface area contributed by atoms with E-state index in [-0.39, 0.29) is 63.2 Å². The Morgan fingerprint density at radius 3 is 2.20 bits per heavy atom. The third-order valence-electron chi connectivity index (χ3n) is 7.17. The highest BCUT2D eigenvalue weighted by Gasteiger charge is 2.51. The number of fused-ring (bicyclic) bond motifs is 3. The predicted octanol–water partition coefficient (Wildman–Crippen LogP) is 2.69. The summed E-state index contributed by atoms with van der Waals surface area (Å²) in [5.41, 5.74) is 1.22. The normalized spacial score (nSPS) is 18.5. The number of hydrogen-bond acceptors (Lipinski definition) is 11. The van der Waals surface area contributed by atoms with Crippen LogP contribution in [0.15, 0.2) is 17.9 Å². The van der Waals surface area contributed by atoms with Gasteiger partial charge < -0.3 is 38.3 Å². The SMILES string of the molecule is COC(=O)c1c(CC(=O)O)cc2c(c1OC)OC1(CC2)Cc2c(c(OC)c3c(c2OC)C(=O)C=C(OC)C3=O)O1. The maximum Gasteiger partial charge on any atom is 0.342 e. The molecule has 0 amide bonds. The van der Waals surface area contributed by atoms with Gasteiger partial charge >= 0.3 is 11.9 Å². The molecule has 2 aromatic rings. The summed E-state index contributed by atoms with van der Waals surface area (Å²) in [6.45, 7) is 0. The summed E-state index contributed by atoms with van der Waals surface area (Å²) in [6, 6.07) is 1.59. The summed E-state index contributed by atoms with van der Waals surface area (Å²) in [5, 5.41) is 9.41. The third kappa shape index (κ3) is 3.90. The highest BCUT2D eigenvalue weighted by Crippen LogP contribution is 2.55. The molecule has 3 aliphatic rings. The molecule has 0 radical (unpaired) electrons. The molecule has 0 fully saturated rings. The van der Waals surface area contributed by atoms with E-state index >= 15 is 0 Å². The molecule has 1 aliphatic carbocycles. The first kappa shape index (κ1) is 26.9. The molecule has 1 unspecified atom stereocenters. The van der Waals surface area contributed by atoms with Crippen LogP contribution in [0.1, 0.15) is 54.2 Å². The first-order chi connectivity index (χ1) is 19.1. The fourth-order valence-electron chi connectivity index (χ4n) is 5.53. The number of rotatable bonds is 7. The van der Waals surface area contributed by atoms with Crippen LogP contribution < -0.4 is 23.7 Å². The van der Waals surface area contributed by atoms with Crippen molar-refractivity contribution in [1.29, 1.82) is 0 Å².